The third-order valence-corrected chi connectivity index (χ3v) is 7.11. The average molecular weight is 534 g/mol. The third-order valence-electron chi connectivity index (χ3n) is 7.11. The van der Waals surface area contributed by atoms with E-state index in [1.165, 1.54) is 0 Å². The van der Waals surface area contributed by atoms with E-state index in [1.807, 2.05) is 95.9 Å². The summed E-state index contributed by atoms with van der Waals surface area (Å²) in [6.07, 6.45) is 0.687. The fraction of sp³-hybridized carbons (Fsp3) is 0.235. The molecule has 2 N–H and O–H groups in total. The summed E-state index contributed by atoms with van der Waals surface area (Å²) in [6.45, 7) is 5.74. The lowest BCUT2D eigenvalue weighted by atomic mass is 9.91. The zero-order chi connectivity index (χ0) is 27.9. The number of para-hydroxylation sites is 1. The fourth-order valence-electron chi connectivity index (χ4n) is 5.40. The Labute approximate surface area is 236 Å². The van der Waals surface area contributed by atoms with Crippen LogP contribution in [0.3, 0.4) is 0 Å². The van der Waals surface area contributed by atoms with Crippen LogP contribution in [0.2, 0.25) is 0 Å². The van der Waals surface area contributed by atoms with Crippen LogP contribution in [0.1, 0.15) is 47.9 Å². The predicted molar refractivity (Wildman–Crippen MR) is 160 cm³/mol. The Morgan fingerprint density at radius 1 is 0.725 bits per heavy atom. The molecular weight excluding hydrogens is 498 g/mol. The number of carbonyl (C=O) groups is 2. The quantitative estimate of drug-likeness (QED) is 0.257. The highest BCUT2D eigenvalue weighted by atomic mass is 16.5. The SMILES string of the molecule is CC1CC(C)CN(C(=O)c2cc(NC(=O)Nc3ccccc3)ccc2OC(c2ccccc2)c2ccccc2)C1. The molecule has 0 bridgehead atoms. The molecule has 0 spiro atoms. The number of likely N-dealkylation sites (tertiary alicyclic amines) is 1. The van der Waals surface area contributed by atoms with Gasteiger partial charge in [0.05, 0.1) is 5.56 Å². The molecule has 1 aliphatic heterocycles. The standard InChI is InChI=1S/C34H35N3O3/c1-24-20-25(2)23-37(22-24)33(38)30-21-29(36-34(39)35-28-16-10-5-11-17-28)18-19-31(30)40-32(26-12-6-3-7-13-26)27-14-8-4-9-15-27/h3-19,21,24-25,32H,20,22-23H2,1-2H3,(H2,35,36,39). The van der Waals surface area contributed by atoms with E-state index in [1.54, 1.807) is 18.2 Å². The van der Waals surface area contributed by atoms with Crippen molar-refractivity contribution in [2.75, 3.05) is 23.7 Å². The first-order chi connectivity index (χ1) is 19.5. The molecule has 0 aliphatic carbocycles. The summed E-state index contributed by atoms with van der Waals surface area (Å²) in [5.41, 5.74) is 3.59. The Morgan fingerprint density at radius 2 is 1.25 bits per heavy atom. The van der Waals surface area contributed by atoms with E-state index < -0.39 is 6.10 Å². The van der Waals surface area contributed by atoms with Crippen molar-refractivity contribution in [1.29, 1.82) is 0 Å². The molecule has 0 saturated carbocycles. The van der Waals surface area contributed by atoms with E-state index in [0.717, 1.165) is 17.5 Å². The second-order valence-electron chi connectivity index (χ2n) is 10.6. The number of hydrogen-bond acceptors (Lipinski definition) is 3. The van der Waals surface area contributed by atoms with Crippen molar-refractivity contribution < 1.29 is 14.3 Å². The number of amides is 3. The Morgan fingerprint density at radius 3 is 1.82 bits per heavy atom. The molecule has 3 amide bonds. The Hall–Kier alpha value is -4.58. The largest absolute Gasteiger partial charge is 0.480 e. The maximum atomic E-state index is 14.0. The zero-order valence-corrected chi connectivity index (χ0v) is 22.9. The number of urea groups is 1. The van der Waals surface area contributed by atoms with Gasteiger partial charge in [-0.05, 0) is 59.7 Å². The maximum absolute atomic E-state index is 14.0. The van der Waals surface area contributed by atoms with Crippen LogP contribution in [-0.4, -0.2) is 29.9 Å². The van der Waals surface area contributed by atoms with Gasteiger partial charge >= 0.3 is 6.03 Å². The van der Waals surface area contributed by atoms with E-state index in [0.29, 0.717) is 47.6 Å². The lowest BCUT2D eigenvalue weighted by Crippen LogP contribution is -2.42. The lowest BCUT2D eigenvalue weighted by molar-refractivity contribution is 0.0617. The van der Waals surface area contributed by atoms with Crippen LogP contribution in [0, 0.1) is 11.8 Å². The van der Waals surface area contributed by atoms with Gasteiger partial charge in [0.1, 0.15) is 11.9 Å². The molecule has 0 aromatic heterocycles. The first-order valence-corrected chi connectivity index (χ1v) is 13.8. The zero-order valence-electron chi connectivity index (χ0n) is 22.9. The summed E-state index contributed by atoms with van der Waals surface area (Å²) >= 11 is 0. The Bertz CT molecular complexity index is 1380. The summed E-state index contributed by atoms with van der Waals surface area (Å²) in [5, 5.41) is 5.70. The molecule has 5 rings (SSSR count). The number of ether oxygens (including phenoxy) is 1. The van der Waals surface area contributed by atoms with Gasteiger partial charge in [-0.25, -0.2) is 4.79 Å². The van der Waals surface area contributed by atoms with Gasteiger partial charge in [0.2, 0.25) is 0 Å². The first-order valence-electron chi connectivity index (χ1n) is 13.8. The number of benzene rings is 4. The molecule has 204 valence electrons. The molecule has 6 heteroatoms. The Kier molecular flexibility index (Phi) is 8.45. The summed E-state index contributed by atoms with van der Waals surface area (Å²) in [6, 6.07) is 34.1. The van der Waals surface area contributed by atoms with E-state index in [9.17, 15) is 9.59 Å². The lowest BCUT2D eigenvalue weighted by Gasteiger charge is -2.35. The molecule has 2 atom stereocenters. The number of nitrogens with zero attached hydrogens (tertiary/aromatic N) is 1. The summed E-state index contributed by atoms with van der Waals surface area (Å²) < 4.78 is 6.66. The van der Waals surface area contributed by atoms with Gasteiger partial charge in [-0.3, -0.25) is 4.79 Å². The molecule has 1 aliphatic rings. The molecule has 1 fully saturated rings. The second kappa shape index (κ2) is 12.5. The molecule has 1 heterocycles. The van der Waals surface area contributed by atoms with E-state index in [4.69, 9.17) is 4.74 Å². The van der Waals surface area contributed by atoms with Crippen molar-refractivity contribution in [2.45, 2.75) is 26.4 Å². The van der Waals surface area contributed by atoms with Crippen molar-refractivity contribution in [3.8, 4) is 5.75 Å². The van der Waals surface area contributed by atoms with E-state index in [-0.39, 0.29) is 11.9 Å². The van der Waals surface area contributed by atoms with Crippen molar-refractivity contribution in [3.05, 3.63) is 126 Å². The minimum atomic E-state index is -0.409. The summed E-state index contributed by atoms with van der Waals surface area (Å²) in [5.74, 6) is 1.20. The highest BCUT2D eigenvalue weighted by Crippen LogP contribution is 2.34. The molecule has 4 aromatic rings. The first kappa shape index (κ1) is 27.0. The number of anilines is 2. The van der Waals surface area contributed by atoms with Crippen LogP contribution in [0.25, 0.3) is 0 Å². The van der Waals surface area contributed by atoms with Crippen molar-refractivity contribution in [3.63, 3.8) is 0 Å². The monoisotopic (exact) mass is 533 g/mol. The Balaban J connectivity index is 1.48. The maximum Gasteiger partial charge on any atom is 0.323 e. The fourth-order valence-corrected chi connectivity index (χ4v) is 5.40. The van der Waals surface area contributed by atoms with Gasteiger partial charge in [-0.15, -0.1) is 0 Å². The highest BCUT2D eigenvalue weighted by molar-refractivity contribution is 6.02. The van der Waals surface area contributed by atoms with Gasteiger partial charge in [-0.2, -0.15) is 0 Å². The normalized spacial score (nSPS) is 16.8. The van der Waals surface area contributed by atoms with Crippen molar-refractivity contribution in [1.82, 2.24) is 4.90 Å². The van der Waals surface area contributed by atoms with Gasteiger partial charge in [0.15, 0.2) is 0 Å². The number of piperidine rings is 1. The minimum absolute atomic E-state index is 0.0969. The molecule has 4 aromatic carbocycles. The molecule has 40 heavy (non-hydrogen) atoms. The molecule has 6 nitrogen and oxygen atoms in total. The molecule has 1 saturated heterocycles. The number of rotatable bonds is 7. The third kappa shape index (κ3) is 6.70. The van der Waals surface area contributed by atoms with Crippen LogP contribution in [-0.2, 0) is 0 Å². The minimum Gasteiger partial charge on any atom is -0.480 e. The van der Waals surface area contributed by atoms with Gasteiger partial charge < -0.3 is 20.3 Å². The van der Waals surface area contributed by atoms with Crippen LogP contribution in [0.5, 0.6) is 5.75 Å². The number of nitrogens with one attached hydrogen (secondary N) is 2. The number of hydrogen-bond donors (Lipinski definition) is 2. The second-order valence-corrected chi connectivity index (χ2v) is 10.6. The van der Waals surface area contributed by atoms with E-state index >= 15 is 0 Å². The van der Waals surface area contributed by atoms with Crippen LogP contribution in [0.4, 0.5) is 16.2 Å². The van der Waals surface area contributed by atoms with Gasteiger partial charge in [-0.1, -0.05) is 92.7 Å². The summed E-state index contributed by atoms with van der Waals surface area (Å²) in [7, 11) is 0. The average Bonchev–Trinajstić information content (AvgIpc) is 2.97. The van der Waals surface area contributed by atoms with E-state index in [2.05, 4.69) is 24.5 Å². The number of carbonyl (C=O) groups excluding carboxylic acids is 2. The van der Waals surface area contributed by atoms with Crippen LogP contribution >= 0.6 is 0 Å². The van der Waals surface area contributed by atoms with Crippen molar-refractivity contribution >= 4 is 23.3 Å². The predicted octanol–water partition coefficient (Wildman–Crippen LogP) is 7.62. The smallest absolute Gasteiger partial charge is 0.323 e. The molecule has 0 radical (unpaired) electrons. The highest BCUT2D eigenvalue weighted by Gasteiger charge is 2.29. The summed E-state index contributed by atoms with van der Waals surface area (Å²) in [4.78, 5) is 28.7. The topological polar surface area (TPSA) is 70.7 Å². The molecule has 2 unspecified atom stereocenters. The van der Waals surface area contributed by atoms with Gasteiger partial charge in [0, 0.05) is 24.5 Å². The van der Waals surface area contributed by atoms with Crippen LogP contribution < -0.4 is 15.4 Å². The van der Waals surface area contributed by atoms with Gasteiger partial charge in [0.25, 0.3) is 5.91 Å². The van der Waals surface area contributed by atoms with Crippen LogP contribution in [0.15, 0.2) is 109 Å². The van der Waals surface area contributed by atoms with Crippen molar-refractivity contribution in [2.24, 2.45) is 11.8 Å². The molecular formula is C34H35N3O3.